The third-order valence-corrected chi connectivity index (χ3v) is 3.88. The minimum Gasteiger partial charge on any atom is -0.316 e. The molecule has 1 heterocycles. The Morgan fingerprint density at radius 2 is 2.08 bits per heavy atom. The van der Waals surface area contributed by atoms with Gasteiger partial charge in [0.05, 0.1) is 0 Å². The fraction of sp³-hybridized carbons (Fsp3) is 1.00. The summed E-state index contributed by atoms with van der Waals surface area (Å²) >= 11 is 4.74. The van der Waals surface area contributed by atoms with Crippen molar-refractivity contribution in [2.24, 2.45) is 11.8 Å². The molecule has 2 rings (SSSR count). The number of hydrogen-bond acceptors (Lipinski definition) is 2. The van der Waals surface area contributed by atoms with Gasteiger partial charge in [-0.25, -0.2) is 0 Å². The lowest BCUT2D eigenvalue weighted by molar-refractivity contribution is 0.380. The molecule has 0 aromatic carbocycles. The molecule has 0 bridgehead atoms. The van der Waals surface area contributed by atoms with Gasteiger partial charge < -0.3 is 5.32 Å². The van der Waals surface area contributed by atoms with Crippen molar-refractivity contribution in [1.29, 1.82) is 0 Å². The SMILES string of the molecule is CC1(S)CCCC2CNCC2C1. The van der Waals surface area contributed by atoms with Crippen LogP contribution in [0.4, 0.5) is 0 Å². The molecule has 2 fully saturated rings. The average Bonchev–Trinajstić information content (AvgIpc) is 2.31. The van der Waals surface area contributed by atoms with E-state index in [0.29, 0.717) is 4.75 Å². The first-order valence-electron chi connectivity index (χ1n) is 5.10. The predicted molar refractivity (Wildman–Crippen MR) is 55.7 cm³/mol. The minimum atomic E-state index is 0.311. The summed E-state index contributed by atoms with van der Waals surface area (Å²) in [6, 6.07) is 0. The van der Waals surface area contributed by atoms with Gasteiger partial charge in [0, 0.05) is 4.75 Å². The number of nitrogens with one attached hydrogen (secondary N) is 1. The Morgan fingerprint density at radius 1 is 1.33 bits per heavy atom. The molecule has 0 radical (unpaired) electrons. The van der Waals surface area contributed by atoms with Gasteiger partial charge >= 0.3 is 0 Å². The molecule has 2 heteroatoms. The van der Waals surface area contributed by atoms with Crippen molar-refractivity contribution in [3.8, 4) is 0 Å². The zero-order chi connectivity index (χ0) is 8.60. The van der Waals surface area contributed by atoms with E-state index in [4.69, 9.17) is 12.6 Å². The van der Waals surface area contributed by atoms with Crippen LogP contribution in [0.5, 0.6) is 0 Å². The van der Waals surface area contributed by atoms with E-state index in [2.05, 4.69) is 12.2 Å². The zero-order valence-corrected chi connectivity index (χ0v) is 8.74. The summed E-state index contributed by atoms with van der Waals surface area (Å²) in [7, 11) is 0. The summed E-state index contributed by atoms with van der Waals surface area (Å²) in [6.45, 7) is 4.80. The second-order valence-electron chi connectivity index (χ2n) is 4.77. The molecule has 0 aromatic rings. The second-order valence-corrected chi connectivity index (χ2v) is 5.85. The van der Waals surface area contributed by atoms with Crippen LogP contribution in [0.3, 0.4) is 0 Å². The van der Waals surface area contributed by atoms with Crippen molar-refractivity contribution in [1.82, 2.24) is 5.32 Å². The molecule has 70 valence electrons. The predicted octanol–water partition coefficient (Wildman–Crippen LogP) is 2.08. The molecule has 2 aliphatic rings. The lowest BCUT2D eigenvalue weighted by Gasteiger charge is -2.24. The average molecular weight is 185 g/mol. The van der Waals surface area contributed by atoms with Gasteiger partial charge in [0.25, 0.3) is 0 Å². The first kappa shape index (κ1) is 8.89. The van der Waals surface area contributed by atoms with Crippen LogP contribution in [0.1, 0.15) is 32.6 Å². The standard InChI is InChI=1S/C10H19NS/c1-10(12)4-2-3-8-6-11-7-9(8)5-10/h8-9,11-12H,2-7H2,1H3. The molecular formula is C10H19NS. The summed E-state index contributed by atoms with van der Waals surface area (Å²) < 4.78 is 0.311. The largest absolute Gasteiger partial charge is 0.316 e. The Kier molecular flexibility index (Phi) is 2.39. The van der Waals surface area contributed by atoms with Crippen LogP contribution in [0.25, 0.3) is 0 Å². The van der Waals surface area contributed by atoms with Gasteiger partial charge in [-0.15, -0.1) is 0 Å². The van der Waals surface area contributed by atoms with Crippen LogP contribution < -0.4 is 5.32 Å². The molecular weight excluding hydrogens is 166 g/mol. The highest BCUT2D eigenvalue weighted by Crippen LogP contribution is 2.39. The maximum atomic E-state index is 4.74. The van der Waals surface area contributed by atoms with E-state index in [0.717, 1.165) is 11.8 Å². The number of thiol groups is 1. The van der Waals surface area contributed by atoms with Crippen LogP contribution in [0.2, 0.25) is 0 Å². The van der Waals surface area contributed by atoms with Gasteiger partial charge in [0.1, 0.15) is 0 Å². The molecule has 1 N–H and O–H groups in total. The van der Waals surface area contributed by atoms with E-state index < -0.39 is 0 Å². The van der Waals surface area contributed by atoms with E-state index in [1.807, 2.05) is 0 Å². The van der Waals surface area contributed by atoms with Crippen LogP contribution in [0.15, 0.2) is 0 Å². The van der Waals surface area contributed by atoms with E-state index in [-0.39, 0.29) is 0 Å². The van der Waals surface area contributed by atoms with Crippen molar-refractivity contribution >= 4 is 12.6 Å². The third-order valence-electron chi connectivity index (χ3n) is 3.47. The summed E-state index contributed by atoms with van der Waals surface area (Å²) in [5, 5.41) is 3.50. The first-order chi connectivity index (χ1) is 5.67. The van der Waals surface area contributed by atoms with E-state index in [1.165, 1.54) is 38.8 Å². The van der Waals surface area contributed by atoms with E-state index >= 15 is 0 Å². The molecule has 1 nitrogen and oxygen atoms in total. The van der Waals surface area contributed by atoms with Crippen LogP contribution in [-0.2, 0) is 0 Å². The molecule has 1 saturated heterocycles. The Hall–Kier alpha value is 0.310. The topological polar surface area (TPSA) is 12.0 Å². The van der Waals surface area contributed by atoms with E-state index in [1.54, 1.807) is 0 Å². The monoisotopic (exact) mass is 185 g/mol. The fourth-order valence-corrected chi connectivity index (χ4v) is 3.17. The molecule has 0 spiro atoms. The minimum absolute atomic E-state index is 0.311. The lowest BCUT2D eigenvalue weighted by atomic mass is 9.89. The molecule has 1 aliphatic carbocycles. The third kappa shape index (κ3) is 1.80. The smallest absolute Gasteiger partial charge is 0.0105 e. The maximum Gasteiger partial charge on any atom is 0.0105 e. The van der Waals surface area contributed by atoms with Crippen molar-refractivity contribution in [3.05, 3.63) is 0 Å². The highest BCUT2D eigenvalue weighted by atomic mass is 32.1. The van der Waals surface area contributed by atoms with Gasteiger partial charge in [-0.05, 0) is 44.2 Å². The van der Waals surface area contributed by atoms with Gasteiger partial charge in [0.2, 0.25) is 0 Å². The maximum absolute atomic E-state index is 4.74. The van der Waals surface area contributed by atoms with Crippen molar-refractivity contribution in [2.75, 3.05) is 13.1 Å². The molecule has 3 atom stereocenters. The summed E-state index contributed by atoms with van der Waals surface area (Å²) in [6.07, 6.45) is 5.42. The highest BCUT2D eigenvalue weighted by Gasteiger charge is 2.35. The van der Waals surface area contributed by atoms with Crippen LogP contribution >= 0.6 is 12.6 Å². The van der Waals surface area contributed by atoms with Gasteiger partial charge in [0.15, 0.2) is 0 Å². The summed E-state index contributed by atoms with van der Waals surface area (Å²) in [5.74, 6) is 1.87. The van der Waals surface area contributed by atoms with Gasteiger partial charge in [-0.2, -0.15) is 12.6 Å². The van der Waals surface area contributed by atoms with Crippen molar-refractivity contribution in [2.45, 2.75) is 37.4 Å². The molecule has 12 heavy (non-hydrogen) atoms. The first-order valence-corrected chi connectivity index (χ1v) is 5.55. The van der Waals surface area contributed by atoms with Crippen LogP contribution in [0, 0.1) is 11.8 Å². The van der Waals surface area contributed by atoms with E-state index in [9.17, 15) is 0 Å². The number of fused-ring (bicyclic) bond motifs is 1. The summed E-state index contributed by atoms with van der Waals surface area (Å²) in [5.41, 5.74) is 0. The number of rotatable bonds is 0. The zero-order valence-electron chi connectivity index (χ0n) is 7.84. The van der Waals surface area contributed by atoms with Gasteiger partial charge in [-0.1, -0.05) is 13.3 Å². The Bertz CT molecular complexity index is 167. The van der Waals surface area contributed by atoms with Crippen LogP contribution in [-0.4, -0.2) is 17.8 Å². The Labute approximate surface area is 80.7 Å². The fourth-order valence-electron chi connectivity index (χ4n) is 2.78. The van der Waals surface area contributed by atoms with Gasteiger partial charge in [-0.3, -0.25) is 0 Å². The molecule has 0 amide bonds. The molecule has 1 saturated carbocycles. The second kappa shape index (κ2) is 3.22. The van der Waals surface area contributed by atoms with Crippen molar-refractivity contribution < 1.29 is 0 Å². The Balaban J connectivity index is 2.04. The normalized spacial score (nSPS) is 48.5. The molecule has 1 aliphatic heterocycles. The van der Waals surface area contributed by atoms with Crippen molar-refractivity contribution in [3.63, 3.8) is 0 Å². The number of hydrogen-bond donors (Lipinski definition) is 2. The molecule has 3 unspecified atom stereocenters. The Morgan fingerprint density at radius 3 is 2.92 bits per heavy atom. The summed E-state index contributed by atoms with van der Waals surface area (Å²) in [4.78, 5) is 0. The highest BCUT2D eigenvalue weighted by molar-refractivity contribution is 7.81. The lowest BCUT2D eigenvalue weighted by Crippen LogP contribution is -2.22. The quantitative estimate of drug-likeness (QED) is 0.551. The molecule has 0 aromatic heterocycles.